The SMILES string of the molecule is O=C(COC1CCC(Cl)C(Cl)C1)NC12CCC(NC(=O)C3COC(C(F)F)N3)(CC1)C[C@@H]2O. The van der Waals surface area contributed by atoms with Gasteiger partial charge in [-0.05, 0) is 51.4 Å². The molecule has 2 amide bonds. The lowest BCUT2D eigenvalue weighted by atomic mass is 9.60. The summed E-state index contributed by atoms with van der Waals surface area (Å²) in [5.74, 6) is -0.710. The molecule has 2 bridgehead atoms. The molecule has 0 aromatic rings. The van der Waals surface area contributed by atoms with Gasteiger partial charge in [0.25, 0.3) is 6.43 Å². The number of alkyl halides is 4. The monoisotopic (exact) mass is 513 g/mol. The molecule has 0 aromatic heterocycles. The van der Waals surface area contributed by atoms with E-state index in [9.17, 15) is 23.5 Å². The number of hydrogen-bond donors (Lipinski definition) is 4. The van der Waals surface area contributed by atoms with Crippen LogP contribution in [0.3, 0.4) is 0 Å². The summed E-state index contributed by atoms with van der Waals surface area (Å²) < 4.78 is 36.2. The lowest BCUT2D eigenvalue weighted by Gasteiger charge is -2.56. The van der Waals surface area contributed by atoms with Crippen LogP contribution in [0.2, 0.25) is 0 Å². The first-order chi connectivity index (χ1) is 15.6. The van der Waals surface area contributed by atoms with Gasteiger partial charge in [0.1, 0.15) is 12.6 Å². The Labute approximate surface area is 201 Å². The Bertz CT molecular complexity index is 741. The second kappa shape index (κ2) is 10.1. The van der Waals surface area contributed by atoms with Crippen molar-refractivity contribution in [2.45, 2.75) is 104 Å². The van der Waals surface area contributed by atoms with Crippen molar-refractivity contribution in [2.75, 3.05) is 13.2 Å². The van der Waals surface area contributed by atoms with Crippen molar-refractivity contribution in [3.8, 4) is 0 Å². The fourth-order valence-electron chi connectivity index (χ4n) is 5.50. The lowest BCUT2D eigenvalue weighted by molar-refractivity contribution is -0.140. The highest BCUT2D eigenvalue weighted by atomic mass is 35.5. The fourth-order valence-corrected chi connectivity index (χ4v) is 6.06. The van der Waals surface area contributed by atoms with Crippen LogP contribution >= 0.6 is 23.2 Å². The summed E-state index contributed by atoms with van der Waals surface area (Å²) in [6, 6.07) is -0.859. The van der Waals surface area contributed by atoms with Crippen molar-refractivity contribution in [1.29, 1.82) is 0 Å². The molecular formula is C21H31Cl2F2N3O5. The Kier molecular flexibility index (Phi) is 7.72. The third-order valence-electron chi connectivity index (χ3n) is 7.55. The highest BCUT2D eigenvalue weighted by molar-refractivity contribution is 6.30. The maximum absolute atomic E-state index is 12.8. The van der Waals surface area contributed by atoms with E-state index in [1.54, 1.807) is 0 Å². The molecule has 0 radical (unpaired) electrons. The van der Waals surface area contributed by atoms with Gasteiger partial charge in [-0.15, -0.1) is 23.2 Å². The first-order valence-electron chi connectivity index (χ1n) is 11.5. The molecule has 4 N–H and O–H groups in total. The fraction of sp³-hybridized carbons (Fsp3) is 0.905. The Morgan fingerprint density at radius 3 is 2.48 bits per heavy atom. The third-order valence-corrected chi connectivity index (χ3v) is 8.68. The predicted molar refractivity (Wildman–Crippen MR) is 116 cm³/mol. The average Bonchev–Trinajstić information content (AvgIpc) is 3.27. The van der Waals surface area contributed by atoms with E-state index in [1.165, 1.54) is 0 Å². The minimum atomic E-state index is -2.72. The molecule has 5 rings (SSSR count). The molecule has 188 valence electrons. The van der Waals surface area contributed by atoms with Crippen molar-refractivity contribution in [3.63, 3.8) is 0 Å². The van der Waals surface area contributed by atoms with Gasteiger partial charge in [-0.25, -0.2) is 8.78 Å². The summed E-state index contributed by atoms with van der Waals surface area (Å²) in [4.78, 5) is 25.2. The topological polar surface area (TPSA) is 109 Å². The van der Waals surface area contributed by atoms with Crippen LogP contribution in [-0.2, 0) is 19.1 Å². The van der Waals surface area contributed by atoms with Gasteiger partial charge in [-0.2, -0.15) is 0 Å². The van der Waals surface area contributed by atoms with Crippen LogP contribution in [0.15, 0.2) is 0 Å². The van der Waals surface area contributed by atoms with Gasteiger partial charge in [-0.3, -0.25) is 14.9 Å². The standard InChI is InChI=1S/C21H31Cl2F2N3O5/c22-12-2-1-11(7-13(12)23)32-10-16(30)27-21-5-3-20(4-6-21,8-15(21)29)28-18(31)14-9-33-19(26-14)17(24)25/h11-15,17,19,26,29H,1-10H2,(H,27,30)(H,28,31)/t11?,12?,13?,14?,15-,19?,20?,21?/m0/s1. The smallest absolute Gasteiger partial charge is 0.277 e. The number of ether oxygens (including phenoxy) is 2. The Morgan fingerprint density at radius 2 is 1.88 bits per heavy atom. The molecule has 12 heteroatoms. The summed E-state index contributed by atoms with van der Waals surface area (Å²) in [7, 11) is 0. The largest absolute Gasteiger partial charge is 0.391 e. The van der Waals surface area contributed by atoms with E-state index in [0.717, 1.165) is 12.8 Å². The van der Waals surface area contributed by atoms with E-state index in [0.29, 0.717) is 32.1 Å². The number of rotatable bonds is 7. The molecule has 5 fully saturated rings. The van der Waals surface area contributed by atoms with Crippen LogP contribution in [0.5, 0.6) is 0 Å². The molecule has 8 nitrogen and oxygen atoms in total. The molecule has 5 unspecified atom stereocenters. The van der Waals surface area contributed by atoms with Crippen LogP contribution in [0.4, 0.5) is 8.78 Å². The zero-order valence-electron chi connectivity index (χ0n) is 18.2. The first kappa shape index (κ1) is 25.3. The first-order valence-corrected chi connectivity index (χ1v) is 12.4. The number of carbonyl (C=O) groups is 2. The molecule has 1 aliphatic heterocycles. The number of fused-ring (bicyclic) bond motifs is 3. The van der Waals surface area contributed by atoms with Gasteiger partial charge in [0.15, 0.2) is 6.23 Å². The summed E-state index contributed by atoms with van der Waals surface area (Å²) in [5.41, 5.74) is -1.38. The molecule has 1 heterocycles. The molecule has 0 aromatic carbocycles. The van der Waals surface area contributed by atoms with E-state index in [-0.39, 0.29) is 42.4 Å². The number of amides is 2. The summed E-state index contributed by atoms with van der Waals surface area (Å²) in [6.45, 7) is -0.243. The van der Waals surface area contributed by atoms with Gasteiger partial charge in [-0.1, -0.05) is 0 Å². The van der Waals surface area contributed by atoms with Gasteiger partial charge in [0.2, 0.25) is 11.8 Å². The minimum Gasteiger partial charge on any atom is -0.391 e. The normalized spacial score (nSPS) is 43.0. The zero-order valence-corrected chi connectivity index (χ0v) is 19.7. The molecule has 0 spiro atoms. The van der Waals surface area contributed by atoms with Crippen LogP contribution in [0.25, 0.3) is 0 Å². The summed E-state index contributed by atoms with van der Waals surface area (Å²) in [5, 5.41) is 19.0. The minimum absolute atomic E-state index is 0.0812. The van der Waals surface area contributed by atoms with Crippen LogP contribution in [0, 0.1) is 0 Å². The number of aliphatic hydroxyl groups is 1. The highest BCUT2D eigenvalue weighted by Gasteiger charge is 2.55. The van der Waals surface area contributed by atoms with Crippen LogP contribution < -0.4 is 16.0 Å². The van der Waals surface area contributed by atoms with E-state index >= 15 is 0 Å². The van der Waals surface area contributed by atoms with E-state index in [2.05, 4.69) is 16.0 Å². The maximum atomic E-state index is 12.8. The number of hydrogen-bond acceptors (Lipinski definition) is 6. The maximum Gasteiger partial charge on any atom is 0.277 e. The van der Waals surface area contributed by atoms with Gasteiger partial charge < -0.3 is 25.2 Å². The molecule has 4 aliphatic carbocycles. The Balaban J connectivity index is 1.26. The van der Waals surface area contributed by atoms with Crippen molar-refractivity contribution >= 4 is 35.0 Å². The van der Waals surface area contributed by atoms with Crippen LogP contribution in [-0.4, -0.2) is 82.9 Å². The highest BCUT2D eigenvalue weighted by Crippen LogP contribution is 2.47. The second-order valence-electron chi connectivity index (χ2n) is 9.78. The quantitative estimate of drug-likeness (QED) is 0.383. The molecule has 1 saturated heterocycles. The number of nitrogens with one attached hydrogen (secondary N) is 3. The number of aliphatic hydroxyl groups excluding tert-OH is 1. The Hall–Kier alpha value is -0.780. The summed E-state index contributed by atoms with van der Waals surface area (Å²) in [6.07, 6.45) is -0.642. The Morgan fingerprint density at radius 1 is 1.15 bits per heavy atom. The van der Waals surface area contributed by atoms with Crippen molar-refractivity contribution in [1.82, 2.24) is 16.0 Å². The average molecular weight is 514 g/mol. The molecule has 33 heavy (non-hydrogen) atoms. The van der Waals surface area contributed by atoms with Crippen molar-refractivity contribution in [2.24, 2.45) is 0 Å². The summed E-state index contributed by atoms with van der Waals surface area (Å²) >= 11 is 12.3. The molecule has 6 atom stereocenters. The number of carbonyl (C=O) groups excluding carboxylic acids is 2. The second-order valence-corrected chi connectivity index (χ2v) is 10.9. The molecular weight excluding hydrogens is 483 g/mol. The zero-order chi connectivity index (χ0) is 23.8. The van der Waals surface area contributed by atoms with E-state index in [1.807, 2.05) is 0 Å². The number of halogens is 4. The van der Waals surface area contributed by atoms with Crippen molar-refractivity contribution < 1.29 is 33.0 Å². The van der Waals surface area contributed by atoms with Gasteiger partial charge in [0.05, 0.1) is 35.1 Å². The van der Waals surface area contributed by atoms with Gasteiger partial charge in [0, 0.05) is 5.54 Å². The van der Waals surface area contributed by atoms with Crippen LogP contribution in [0.1, 0.15) is 51.4 Å². The molecule has 5 aliphatic rings. The molecule has 4 saturated carbocycles. The third kappa shape index (κ3) is 5.56. The van der Waals surface area contributed by atoms with Crippen molar-refractivity contribution in [3.05, 3.63) is 0 Å². The van der Waals surface area contributed by atoms with E-state index in [4.69, 9.17) is 32.7 Å². The lowest BCUT2D eigenvalue weighted by Crippen LogP contribution is -2.71. The predicted octanol–water partition coefficient (Wildman–Crippen LogP) is 1.40. The van der Waals surface area contributed by atoms with E-state index < -0.39 is 41.8 Å². The van der Waals surface area contributed by atoms with Gasteiger partial charge >= 0.3 is 0 Å².